The van der Waals surface area contributed by atoms with Crippen molar-refractivity contribution in [3.8, 4) is 11.3 Å². The summed E-state index contributed by atoms with van der Waals surface area (Å²) in [6.45, 7) is -0.0282. The zero-order valence-corrected chi connectivity index (χ0v) is 19.3. The van der Waals surface area contributed by atoms with E-state index in [4.69, 9.17) is 27.6 Å². The first-order valence-corrected chi connectivity index (χ1v) is 11.7. The number of halogens is 2. The average molecular weight is 482 g/mol. The van der Waals surface area contributed by atoms with Crippen LogP contribution < -0.4 is 4.31 Å². The third kappa shape index (κ3) is 5.58. The van der Waals surface area contributed by atoms with Crippen molar-refractivity contribution in [1.82, 2.24) is 9.88 Å². The fourth-order valence-electron chi connectivity index (χ4n) is 2.88. The number of aromatic nitrogens is 1. The van der Waals surface area contributed by atoms with Crippen molar-refractivity contribution in [2.45, 2.75) is 13.0 Å². The Morgan fingerprint density at radius 1 is 1.10 bits per heavy atom. The second-order valence-corrected chi connectivity index (χ2v) is 9.78. The lowest BCUT2D eigenvalue weighted by Crippen LogP contribution is -2.34. The molecule has 0 aliphatic carbocycles. The quantitative estimate of drug-likeness (QED) is 0.473. The molecule has 0 N–H and O–H groups in total. The van der Waals surface area contributed by atoms with E-state index in [1.807, 2.05) is 0 Å². The van der Waals surface area contributed by atoms with Gasteiger partial charge in [0.25, 0.3) is 0 Å². The molecular weight excluding hydrogens is 461 g/mol. The fraction of sp³-hybridized carbons (Fsp3) is 0.238. The van der Waals surface area contributed by atoms with Crippen molar-refractivity contribution < 1.29 is 17.6 Å². The lowest BCUT2D eigenvalue weighted by Gasteiger charge is -2.25. The van der Waals surface area contributed by atoms with Gasteiger partial charge in [-0.25, -0.2) is 13.4 Å². The number of hydrogen-bond donors (Lipinski definition) is 0. The second-order valence-electron chi connectivity index (χ2n) is 6.99. The number of nitrogens with zero attached hydrogens (tertiary/aromatic N) is 3. The third-order valence-electron chi connectivity index (χ3n) is 4.63. The molecule has 3 aromatic rings. The average Bonchev–Trinajstić information content (AvgIpc) is 3.28. The smallest absolute Gasteiger partial charge is 0.235 e. The zero-order valence-electron chi connectivity index (χ0n) is 17.0. The molecule has 0 fully saturated rings. The Hall–Kier alpha value is -2.55. The maximum atomic E-state index is 13.2. The summed E-state index contributed by atoms with van der Waals surface area (Å²) < 4.78 is 33.0. The number of sulfonamides is 1. The van der Waals surface area contributed by atoms with Crippen LogP contribution in [0.4, 0.5) is 5.69 Å². The molecule has 1 aromatic heterocycles. The zero-order chi connectivity index (χ0) is 22.6. The van der Waals surface area contributed by atoms with Gasteiger partial charge in [-0.2, -0.15) is 0 Å². The largest absolute Gasteiger partial charge is 0.444 e. The minimum Gasteiger partial charge on any atom is -0.444 e. The molecule has 0 radical (unpaired) electrons. The second kappa shape index (κ2) is 9.72. The van der Waals surface area contributed by atoms with Gasteiger partial charge in [0.05, 0.1) is 34.2 Å². The summed E-state index contributed by atoms with van der Waals surface area (Å²) in [4.78, 5) is 17.2. The molecule has 164 valence electrons. The molecule has 1 heterocycles. The van der Waals surface area contributed by atoms with Crippen molar-refractivity contribution in [3.63, 3.8) is 0 Å². The maximum absolute atomic E-state index is 13.2. The van der Waals surface area contributed by atoms with Crippen LogP contribution in [0.2, 0.25) is 10.0 Å². The highest BCUT2D eigenvalue weighted by atomic mass is 35.5. The lowest BCUT2D eigenvalue weighted by atomic mass is 10.1. The van der Waals surface area contributed by atoms with Gasteiger partial charge < -0.3 is 9.32 Å². The minimum atomic E-state index is -3.85. The van der Waals surface area contributed by atoms with Gasteiger partial charge in [-0.15, -0.1) is 0 Å². The normalized spacial score (nSPS) is 11.4. The fourth-order valence-corrected chi connectivity index (χ4v) is 4.69. The van der Waals surface area contributed by atoms with Gasteiger partial charge in [0.2, 0.25) is 15.9 Å². The lowest BCUT2D eigenvalue weighted by molar-refractivity contribution is -0.128. The van der Waals surface area contributed by atoms with E-state index in [0.29, 0.717) is 22.0 Å². The van der Waals surface area contributed by atoms with Gasteiger partial charge in [-0.3, -0.25) is 9.10 Å². The molecule has 2 aromatic carbocycles. The Kier molecular flexibility index (Phi) is 7.25. The predicted molar refractivity (Wildman–Crippen MR) is 122 cm³/mol. The standard InChI is InChI=1S/C21H21Cl2N3O4S/c1-25(2)20(27)10-11-31(28,29)26(13-16-4-3-5-18(22)21(16)23)17-8-6-15(7-9-17)19-12-24-14-30-19/h3-9,12,14H,10-11,13H2,1-2H3. The Morgan fingerprint density at radius 2 is 1.81 bits per heavy atom. The van der Waals surface area contributed by atoms with Crippen LogP contribution in [-0.4, -0.2) is 44.1 Å². The molecule has 31 heavy (non-hydrogen) atoms. The Morgan fingerprint density at radius 3 is 2.42 bits per heavy atom. The van der Waals surface area contributed by atoms with E-state index in [9.17, 15) is 13.2 Å². The van der Waals surface area contributed by atoms with Gasteiger partial charge in [0, 0.05) is 26.1 Å². The van der Waals surface area contributed by atoms with Crippen LogP contribution in [0.5, 0.6) is 0 Å². The van der Waals surface area contributed by atoms with Crippen LogP contribution >= 0.6 is 23.2 Å². The van der Waals surface area contributed by atoms with E-state index in [-0.39, 0.29) is 29.6 Å². The van der Waals surface area contributed by atoms with E-state index in [2.05, 4.69) is 4.98 Å². The van der Waals surface area contributed by atoms with Crippen molar-refractivity contribution >= 4 is 44.8 Å². The molecule has 0 saturated carbocycles. The number of rotatable bonds is 8. The molecule has 0 bridgehead atoms. The van der Waals surface area contributed by atoms with E-state index in [1.165, 1.54) is 15.6 Å². The van der Waals surface area contributed by atoms with Crippen molar-refractivity contribution in [2.75, 3.05) is 24.2 Å². The summed E-state index contributed by atoms with van der Waals surface area (Å²) in [6, 6.07) is 11.9. The van der Waals surface area contributed by atoms with Crippen LogP contribution in [0.15, 0.2) is 59.5 Å². The maximum Gasteiger partial charge on any atom is 0.235 e. The van der Waals surface area contributed by atoms with Gasteiger partial charge in [0.1, 0.15) is 0 Å². The molecule has 10 heteroatoms. The van der Waals surface area contributed by atoms with Crippen LogP contribution in [0.3, 0.4) is 0 Å². The molecule has 7 nitrogen and oxygen atoms in total. The van der Waals surface area contributed by atoms with Crippen LogP contribution in [-0.2, 0) is 21.4 Å². The van der Waals surface area contributed by atoms with Crippen molar-refractivity contribution in [3.05, 3.63) is 70.7 Å². The number of amides is 1. The van der Waals surface area contributed by atoms with Crippen molar-refractivity contribution in [1.29, 1.82) is 0 Å². The van der Waals surface area contributed by atoms with Gasteiger partial charge in [-0.05, 0) is 35.9 Å². The molecule has 1 amide bonds. The summed E-state index contributed by atoms with van der Waals surface area (Å²) in [5.74, 6) is -0.0492. The molecule has 0 aliphatic heterocycles. The van der Waals surface area contributed by atoms with Crippen LogP contribution in [0, 0.1) is 0 Å². The highest BCUT2D eigenvalue weighted by molar-refractivity contribution is 7.92. The summed E-state index contributed by atoms with van der Waals surface area (Å²) in [6.07, 6.45) is 2.76. The SMILES string of the molecule is CN(C)C(=O)CCS(=O)(=O)N(Cc1cccc(Cl)c1Cl)c1ccc(-c2cnco2)cc1. The highest BCUT2D eigenvalue weighted by Crippen LogP contribution is 2.31. The molecule has 0 unspecified atom stereocenters. The van der Waals surface area contributed by atoms with Gasteiger partial charge in [0.15, 0.2) is 12.2 Å². The summed E-state index contributed by atoms with van der Waals surface area (Å²) in [7, 11) is -0.682. The number of carbonyl (C=O) groups excluding carboxylic acids is 1. The van der Waals surface area contributed by atoms with Gasteiger partial charge >= 0.3 is 0 Å². The topological polar surface area (TPSA) is 83.7 Å². The molecular formula is C21H21Cl2N3O4S. The van der Waals surface area contributed by atoms with E-state index in [0.717, 1.165) is 5.56 Å². The van der Waals surface area contributed by atoms with Crippen molar-refractivity contribution in [2.24, 2.45) is 0 Å². The summed E-state index contributed by atoms with van der Waals surface area (Å²) in [5.41, 5.74) is 1.73. The first kappa shape index (κ1) is 23.1. The first-order chi connectivity index (χ1) is 14.7. The van der Waals surface area contributed by atoms with E-state index < -0.39 is 10.0 Å². The molecule has 0 spiro atoms. The van der Waals surface area contributed by atoms with Gasteiger partial charge in [-0.1, -0.05) is 35.3 Å². The van der Waals surface area contributed by atoms with Crippen LogP contribution in [0.1, 0.15) is 12.0 Å². The Bertz CT molecular complexity index is 1150. The number of benzene rings is 2. The number of carbonyl (C=O) groups is 1. The molecule has 3 rings (SSSR count). The number of hydrogen-bond acceptors (Lipinski definition) is 5. The molecule has 0 aliphatic rings. The highest BCUT2D eigenvalue weighted by Gasteiger charge is 2.25. The summed E-state index contributed by atoms with van der Waals surface area (Å²) >= 11 is 12.4. The van der Waals surface area contributed by atoms with E-state index in [1.54, 1.807) is 62.8 Å². The molecule has 0 atom stereocenters. The van der Waals surface area contributed by atoms with Crippen LogP contribution in [0.25, 0.3) is 11.3 Å². The third-order valence-corrected chi connectivity index (χ3v) is 7.22. The van der Waals surface area contributed by atoms with E-state index >= 15 is 0 Å². The summed E-state index contributed by atoms with van der Waals surface area (Å²) in [5, 5.41) is 0.618. The Labute approximate surface area is 191 Å². The number of oxazole rings is 1. The Balaban J connectivity index is 1.95. The monoisotopic (exact) mass is 481 g/mol. The predicted octanol–water partition coefficient (Wildman–Crippen LogP) is 4.46. The molecule has 0 saturated heterocycles. The first-order valence-electron chi connectivity index (χ1n) is 9.31. The number of anilines is 1. The minimum absolute atomic E-state index is 0.0282.